The van der Waals surface area contributed by atoms with E-state index < -0.39 is 51.2 Å². The molecule has 0 aliphatic carbocycles. The van der Waals surface area contributed by atoms with Gasteiger partial charge >= 0.3 is 30.0 Å². The van der Waals surface area contributed by atoms with Gasteiger partial charge in [0.15, 0.2) is 10.8 Å². The molecule has 5 aromatic carbocycles. The second kappa shape index (κ2) is 24.7. The second-order valence-electron chi connectivity index (χ2n) is 16.3. The van der Waals surface area contributed by atoms with Gasteiger partial charge in [-0.1, -0.05) is 186 Å². The van der Waals surface area contributed by atoms with Gasteiger partial charge in [0.05, 0.1) is 0 Å². The highest BCUT2D eigenvalue weighted by Gasteiger charge is 2.52. The molecule has 2 aliphatic rings. The first-order valence-corrected chi connectivity index (χ1v) is 23.1. The Morgan fingerprint density at radius 2 is 0.701 bits per heavy atom. The summed E-state index contributed by atoms with van der Waals surface area (Å²) >= 11 is 16.9. The van der Waals surface area contributed by atoms with E-state index in [2.05, 4.69) is 17.0 Å². The Morgan fingerprint density at radius 1 is 0.418 bits per heavy atom. The van der Waals surface area contributed by atoms with E-state index in [9.17, 15) is 24.0 Å². The zero-order valence-electron chi connectivity index (χ0n) is 36.9. The smallest absolute Gasteiger partial charge is 0.409 e. The Balaban J connectivity index is 0.000000221. The van der Waals surface area contributed by atoms with Crippen LogP contribution in [0, 0.1) is 10.8 Å². The molecule has 0 atom stereocenters. The van der Waals surface area contributed by atoms with Crippen molar-refractivity contribution in [2.75, 3.05) is 32.8 Å². The SMILES string of the molecule is O=C(OCC(Cl)(Cl)Cl)N1CCC(C(=O)OCc2ccccc2)(C(=O)OCc2ccccc2)CC1.O=C(OCc1ccccc1)C1(C(=O)OCc2ccccc2)CCN(Cc2ccccc2)CC1. The van der Waals surface area contributed by atoms with Gasteiger partial charge < -0.3 is 28.6 Å². The van der Waals surface area contributed by atoms with Crippen LogP contribution in [0.15, 0.2) is 152 Å². The average molecular weight is 972 g/mol. The number of alkyl halides is 3. The molecule has 0 unspecified atom stereocenters. The Bertz CT molecular complexity index is 2220. The molecule has 0 spiro atoms. The summed E-state index contributed by atoms with van der Waals surface area (Å²) in [6.07, 6.45) is 0.0753. The molecule has 2 aliphatic heterocycles. The Morgan fingerprint density at radius 3 is 1.00 bits per heavy atom. The zero-order valence-corrected chi connectivity index (χ0v) is 39.2. The van der Waals surface area contributed by atoms with Gasteiger partial charge in [0.1, 0.15) is 33.0 Å². The number of ether oxygens (including phenoxy) is 5. The highest BCUT2D eigenvalue weighted by Crippen LogP contribution is 2.37. The Labute approximate surface area is 405 Å². The predicted molar refractivity (Wildman–Crippen MR) is 253 cm³/mol. The molecule has 0 bridgehead atoms. The molecule has 0 radical (unpaired) electrons. The second-order valence-corrected chi connectivity index (χ2v) is 18.8. The van der Waals surface area contributed by atoms with E-state index in [0.29, 0.717) is 25.9 Å². The van der Waals surface area contributed by atoms with Gasteiger partial charge in [-0.25, -0.2) is 4.79 Å². The molecule has 2 saturated heterocycles. The van der Waals surface area contributed by atoms with Gasteiger partial charge in [-0.2, -0.15) is 0 Å². The molecule has 0 aromatic heterocycles. The minimum absolute atomic E-state index is 0.0110. The summed E-state index contributed by atoms with van der Waals surface area (Å²) < 4.78 is 25.6. The first-order valence-electron chi connectivity index (χ1n) is 21.9. The minimum Gasteiger partial charge on any atom is -0.460 e. The lowest BCUT2D eigenvalue weighted by Crippen LogP contribution is -2.52. The van der Waals surface area contributed by atoms with E-state index in [1.807, 2.05) is 140 Å². The fraction of sp³-hybridized carbons (Fsp3) is 0.327. The number of benzene rings is 5. The van der Waals surface area contributed by atoms with Crippen molar-refractivity contribution in [3.8, 4) is 0 Å². The van der Waals surface area contributed by atoms with Crippen molar-refractivity contribution in [2.24, 2.45) is 10.8 Å². The molecule has 67 heavy (non-hydrogen) atoms. The lowest BCUT2D eigenvalue weighted by Gasteiger charge is -2.38. The van der Waals surface area contributed by atoms with Crippen LogP contribution in [-0.2, 0) is 75.8 Å². The van der Waals surface area contributed by atoms with Crippen LogP contribution in [0.25, 0.3) is 0 Å². The molecule has 12 nitrogen and oxygen atoms in total. The summed E-state index contributed by atoms with van der Waals surface area (Å²) in [6.45, 7) is 2.06. The van der Waals surface area contributed by atoms with Gasteiger partial charge in [-0.05, 0) is 53.5 Å². The minimum atomic E-state index is -1.74. The summed E-state index contributed by atoms with van der Waals surface area (Å²) in [5, 5.41) is 0. The van der Waals surface area contributed by atoms with Crippen LogP contribution in [0.2, 0.25) is 0 Å². The van der Waals surface area contributed by atoms with E-state index >= 15 is 0 Å². The first kappa shape index (κ1) is 50.5. The maximum Gasteiger partial charge on any atom is 0.409 e. The topological polar surface area (TPSA) is 138 Å². The molecular weight excluding hydrogens is 919 g/mol. The number of amides is 1. The summed E-state index contributed by atoms with van der Waals surface area (Å²) in [4.78, 5) is 68.8. The number of halogens is 3. The van der Waals surface area contributed by atoms with Crippen molar-refractivity contribution in [1.82, 2.24) is 9.80 Å². The van der Waals surface area contributed by atoms with Crippen molar-refractivity contribution < 1.29 is 47.7 Å². The molecule has 2 heterocycles. The molecule has 1 amide bonds. The molecule has 5 aromatic rings. The van der Waals surface area contributed by atoms with Crippen LogP contribution >= 0.6 is 34.8 Å². The van der Waals surface area contributed by atoms with E-state index in [1.165, 1.54) is 10.5 Å². The van der Waals surface area contributed by atoms with Gasteiger partial charge in [0, 0.05) is 32.7 Å². The number of esters is 4. The van der Waals surface area contributed by atoms with Crippen molar-refractivity contribution in [2.45, 2.75) is 62.4 Å². The third kappa shape index (κ3) is 15.0. The summed E-state index contributed by atoms with van der Waals surface area (Å²) in [5.41, 5.74) is 1.74. The van der Waals surface area contributed by atoms with Crippen molar-refractivity contribution in [1.29, 1.82) is 0 Å². The largest absolute Gasteiger partial charge is 0.460 e. The van der Waals surface area contributed by atoms with Crippen LogP contribution in [-0.4, -0.2) is 76.3 Å². The number of hydrogen-bond acceptors (Lipinski definition) is 11. The number of carbonyl (C=O) groups is 5. The monoisotopic (exact) mass is 970 g/mol. The van der Waals surface area contributed by atoms with Gasteiger partial charge in [-0.3, -0.25) is 24.1 Å². The van der Waals surface area contributed by atoms with Crippen LogP contribution in [0.3, 0.4) is 0 Å². The number of hydrogen-bond donors (Lipinski definition) is 0. The van der Waals surface area contributed by atoms with E-state index in [1.54, 1.807) is 0 Å². The number of carbonyl (C=O) groups excluding carboxylic acids is 5. The molecular formula is C52H53Cl3N2O10. The van der Waals surface area contributed by atoms with E-state index in [4.69, 9.17) is 58.5 Å². The van der Waals surface area contributed by atoms with Gasteiger partial charge in [0.25, 0.3) is 0 Å². The highest BCUT2D eigenvalue weighted by molar-refractivity contribution is 6.67. The highest BCUT2D eigenvalue weighted by atomic mass is 35.6. The normalized spacial score (nSPS) is 15.4. The molecule has 352 valence electrons. The Kier molecular flexibility index (Phi) is 18.6. The van der Waals surface area contributed by atoms with Crippen molar-refractivity contribution in [3.05, 3.63) is 179 Å². The third-order valence-electron chi connectivity index (χ3n) is 11.6. The predicted octanol–water partition coefficient (Wildman–Crippen LogP) is 9.82. The van der Waals surface area contributed by atoms with Gasteiger partial charge in [-0.15, -0.1) is 0 Å². The van der Waals surface area contributed by atoms with Gasteiger partial charge in [0.2, 0.25) is 3.79 Å². The molecule has 15 heteroatoms. The standard InChI is InChI=1S/C28H29NO4.C24H24Cl3NO6/c30-26(32-21-24-12-6-2-7-13-24)28(27(31)33-22-25-14-8-3-9-15-25)16-18-29(19-17-28)20-23-10-4-1-5-11-23;25-24(26,27)17-34-22(31)28-13-11-23(12-14-28,20(29)32-15-18-7-3-1-4-8-18)21(30)33-16-19-9-5-2-6-10-19/h1-15H,16-22H2;1-10H,11-17H2. The average Bonchev–Trinajstić information content (AvgIpc) is 3.36. The van der Waals surface area contributed by atoms with Crippen LogP contribution in [0.4, 0.5) is 4.79 Å². The summed E-state index contributed by atoms with van der Waals surface area (Å²) in [6, 6.07) is 47.5. The molecule has 0 N–H and O–H groups in total. The summed E-state index contributed by atoms with van der Waals surface area (Å²) in [7, 11) is 0. The zero-order chi connectivity index (χ0) is 47.5. The first-order chi connectivity index (χ1) is 32.3. The maximum absolute atomic E-state index is 13.3. The van der Waals surface area contributed by atoms with Crippen LogP contribution < -0.4 is 0 Å². The third-order valence-corrected chi connectivity index (χ3v) is 11.9. The van der Waals surface area contributed by atoms with Crippen LogP contribution in [0.1, 0.15) is 53.5 Å². The number of nitrogens with zero attached hydrogens (tertiary/aromatic N) is 2. The number of piperidine rings is 2. The fourth-order valence-electron chi connectivity index (χ4n) is 7.67. The number of rotatable bonds is 15. The van der Waals surface area contributed by atoms with E-state index in [0.717, 1.165) is 28.8 Å². The maximum atomic E-state index is 13.3. The summed E-state index contributed by atoms with van der Waals surface area (Å²) in [5.74, 6) is -2.38. The molecule has 2 fully saturated rings. The van der Waals surface area contributed by atoms with Crippen LogP contribution in [0.5, 0.6) is 0 Å². The molecule has 7 rings (SSSR count). The number of likely N-dealkylation sites (tertiary alicyclic amines) is 2. The van der Waals surface area contributed by atoms with E-state index in [-0.39, 0.29) is 52.4 Å². The quantitative estimate of drug-likeness (QED) is 0.0429. The lowest BCUT2D eigenvalue weighted by atomic mass is 9.78. The molecule has 0 saturated carbocycles. The Hall–Kier alpha value is -5.92. The van der Waals surface area contributed by atoms with Crippen molar-refractivity contribution in [3.63, 3.8) is 0 Å². The lowest BCUT2D eigenvalue weighted by molar-refractivity contribution is -0.179. The fourth-order valence-corrected chi connectivity index (χ4v) is 7.83. The van der Waals surface area contributed by atoms with Crippen molar-refractivity contribution >= 4 is 64.8 Å².